The molecule has 0 aliphatic heterocycles. The second-order valence-electron chi connectivity index (χ2n) is 4.51. The molecule has 4 heteroatoms. The number of nitrogens with two attached hydrogens (primary N) is 1. The van der Waals surface area contributed by atoms with E-state index in [1.807, 2.05) is 26.0 Å². The number of hydrogen-bond acceptors (Lipinski definition) is 2. The van der Waals surface area contributed by atoms with Crippen molar-refractivity contribution in [2.75, 3.05) is 5.73 Å². The van der Waals surface area contributed by atoms with Crippen LogP contribution in [0.2, 0.25) is 5.02 Å². The highest BCUT2D eigenvalue weighted by atomic mass is 35.5. The first-order valence-corrected chi connectivity index (χ1v) is 6.28. The van der Waals surface area contributed by atoms with Crippen molar-refractivity contribution in [3.8, 4) is 5.75 Å². The predicted octanol–water partition coefficient (Wildman–Crippen LogP) is 4.26. The highest BCUT2D eigenvalue weighted by molar-refractivity contribution is 6.32. The molecule has 0 radical (unpaired) electrons. The van der Waals surface area contributed by atoms with Crippen LogP contribution in [0.15, 0.2) is 30.3 Å². The summed E-state index contributed by atoms with van der Waals surface area (Å²) in [6.45, 7) is 3.98. The molecule has 2 rings (SSSR count). The van der Waals surface area contributed by atoms with E-state index in [4.69, 9.17) is 22.1 Å². The van der Waals surface area contributed by atoms with Crippen molar-refractivity contribution in [2.24, 2.45) is 0 Å². The molecule has 2 aromatic carbocycles. The molecule has 0 bridgehead atoms. The zero-order chi connectivity index (χ0) is 14.0. The summed E-state index contributed by atoms with van der Waals surface area (Å²) in [7, 11) is 0. The van der Waals surface area contributed by atoms with Crippen molar-refractivity contribution in [1.82, 2.24) is 0 Å². The van der Waals surface area contributed by atoms with Gasteiger partial charge < -0.3 is 10.5 Å². The van der Waals surface area contributed by atoms with E-state index in [2.05, 4.69) is 0 Å². The number of ether oxygens (including phenoxy) is 1. The Hall–Kier alpha value is -1.74. The number of rotatable bonds is 3. The van der Waals surface area contributed by atoms with Gasteiger partial charge in [0, 0.05) is 16.3 Å². The molecule has 19 heavy (non-hydrogen) atoms. The smallest absolute Gasteiger partial charge is 0.131 e. The van der Waals surface area contributed by atoms with Crippen LogP contribution < -0.4 is 10.5 Å². The van der Waals surface area contributed by atoms with E-state index in [0.717, 1.165) is 16.1 Å². The van der Waals surface area contributed by atoms with Gasteiger partial charge in [0.15, 0.2) is 0 Å². The van der Waals surface area contributed by atoms with Crippen LogP contribution in [-0.2, 0) is 6.61 Å². The monoisotopic (exact) mass is 279 g/mol. The minimum atomic E-state index is -0.359. The maximum absolute atomic E-state index is 13.6. The SMILES string of the molecule is Cc1cc(OCc2ccc(N)cc2F)cc(C)c1Cl. The van der Waals surface area contributed by atoms with Crippen LogP contribution in [0.25, 0.3) is 0 Å². The molecule has 0 aliphatic rings. The van der Waals surface area contributed by atoms with E-state index in [1.54, 1.807) is 12.1 Å². The molecule has 0 unspecified atom stereocenters. The second kappa shape index (κ2) is 5.49. The Kier molecular flexibility index (Phi) is 3.96. The van der Waals surface area contributed by atoms with Gasteiger partial charge in [0.25, 0.3) is 0 Å². The van der Waals surface area contributed by atoms with Crippen molar-refractivity contribution in [3.63, 3.8) is 0 Å². The maximum atomic E-state index is 13.6. The molecule has 0 amide bonds. The molecule has 0 saturated carbocycles. The van der Waals surface area contributed by atoms with Gasteiger partial charge >= 0.3 is 0 Å². The molecular formula is C15H15ClFNO. The Balaban J connectivity index is 2.14. The topological polar surface area (TPSA) is 35.2 Å². The molecule has 2 N–H and O–H groups in total. The van der Waals surface area contributed by atoms with Crippen LogP contribution in [0.3, 0.4) is 0 Å². The molecular weight excluding hydrogens is 265 g/mol. The van der Waals surface area contributed by atoms with Gasteiger partial charge in [-0.1, -0.05) is 17.7 Å². The van der Waals surface area contributed by atoms with E-state index >= 15 is 0 Å². The van der Waals surface area contributed by atoms with Crippen LogP contribution in [0.1, 0.15) is 16.7 Å². The lowest BCUT2D eigenvalue weighted by molar-refractivity contribution is 0.299. The molecule has 2 aromatic rings. The minimum absolute atomic E-state index is 0.159. The first-order chi connectivity index (χ1) is 8.97. The van der Waals surface area contributed by atoms with Gasteiger partial charge in [-0.25, -0.2) is 4.39 Å². The summed E-state index contributed by atoms with van der Waals surface area (Å²) in [4.78, 5) is 0. The molecule has 2 nitrogen and oxygen atoms in total. The predicted molar refractivity (Wildman–Crippen MR) is 76.1 cm³/mol. The zero-order valence-corrected chi connectivity index (χ0v) is 11.6. The molecule has 0 saturated heterocycles. The van der Waals surface area contributed by atoms with Crippen LogP contribution in [0.5, 0.6) is 5.75 Å². The Morgan fingerprint density at radius 1 is 1.16 bits per heavy atom. The first-order valence-electron chi connectivity index (χ1n) is 5.91. The van der Waals surface area contributed by atoms with E-state index < -0.39 is 0 Å². The molecule has 0 aliphatic carbocycles. The van der Waals surface area contributed by atoms with Gasteiger partial charge in [0.2, 0.25) is 0 Å². The number of halogens is 2. The van der Waals surface area contributed by atoms with Gasteiger partial charge in [0.1, 0.15) is 18.2 Å². The van der Waals surface area contributed by atoms with Crippen LogP contribution in [-0.4, -0.2) is 0 Å². The molecule has 0 atom stereocenters. The minimum Gasteiger partial charge on any atom is -0.489 e. The van der Waals surface area contributed by atoms with Gasteiger partial charge in [-0.3, -0.25) is 0 Å². The average molecular weight is 280 g/mol. The summed E-state index contributed by atoms with van der Waals surface area (Å²) in [5, 5.41) is 0.728. The fourth-order valence-corrected chi connectivity index (χ4v) is 1.94. The Labute approximate surface area is 117 Å². The Morgan fingerprint density at radius 2 is 1.79 bits per heavy atom. The highest BCUT2D eigenvalue weighted by Gasteiger charge is 2.06. The summed E-state index contributed by atoms with van der Waals surface area (Å²) >= 11 is 6.08. The van der Waals surface area contributed by atoms with Crippen LogP contribution in [0.4, 0.5) is 10.1 Å². The summed E-state index contributed by atoms with van der Waals surface area (Å²) in [6.07, 6.45) is 0. The normalized spacial score (nSPS) is 10.5. The number of benzene rings is 2. The lowest BCUT2D eigenvalue weighted by Crippen LogP contribution is -2.00. The summed E-state index contributed by atoms with van der Waals surface area (Å²) < 4.78 is 19.2. The van der Waals surface area contributed by atoms with E-state index in [-0.39, 0.29) is 12.4 Å². The quantitative estimate of drug-likeness (QED) is 0.852. The first kappa shape index (κ1) is 13.7. The molecule has 0 fully saturated rings. The van der Waals surface area contributed by atoms with Crippen molar-refractivity contribution in [1.29, 1.82) is 0 Å². The van der Waals surface area contributed by atoms with E-state index in [0.29, 0.717) is 17.0 Å². The molecule has 0 heterocycles. The number of nitrogen functional groups attached to an aromatic ring is 1. The summed E-state index contributed by atoms with van der Waals surface area (Å²) in [5.41, 5.74) is 8.25. The third-order valence-electron chi connectivity index (χ3n) is 2.88. The third kappa shape index (κ3) is 3.18. The fourth-order valence-electron chi connectivity index (χ4n) is 1.83. The average Bonchev–Trinajstić information content (AvgIpc) is 2.34. The summed E-state index contributed by atoms with van der Waals surface area (Å²) in [6, 6.07) is 8.24. The van der Waals surface area contributed by atoms with Gasteiger partial charge in [-0.2, -0.15) is 0 Å². The second-order valence-corrected chi connectivity index (χ2v) is 4.89. The third-order valence-corrected chi connectivity index (χ3v) is 3.48. The largest absolute Gasteiger partial charge is 0.489 e. The van der Waals surface area contributed by atoms with Gasteiger partial charge in [-0.15, -0.1) is 0 Å². The molecule has 0 spiro atoms. The van der Waals surface area contributed by atoms with Crippen molar-refractivity contribution in [2.45, 2.75) is 20.5 Å². The number of aryl methyl sites for hydroxylation is 2. The Morgan fingerprint density at radius 3 is 2.37 bits per heavy atom. The number of anilines is 1. The standard InChI is InChI=1S/C15H15ClFNO/c1-9-5-13(6-10(2)15(9)16)19-8-11-3-4-12(18)7-14(11)17/h3-7H,8,18H2,1-2H3. The molecule has 0 aromatic heterocycles. The highest BCUT2D eigenvalue weighted by Crippen LogP contribution is 2.26. The maximum Gasteiger partial charge on any atom is 0.131 e. The van der Waals surface area contributed by atoms with Crippen molar-refractivity contribution in [3.05, 3.63) is 57.9 Å². The van der Waals surface area contributed by atoms with Crippen molar-refractivity contribution < 1.29 is 9.13 Å². The van der Waals surface area contributed by atoms with Crippen molar-refractivity contribution >= 4 is 17.3 Å². The zero-order valence-electron chi connectivity index (χ0n) is 10.8. The lowest BCUT2D eigenvalue weighted by atomic mass is 10.1. The van der Waals surface area contributed by atoms with Gasteiger partial charge in [-0.05, 0) is 49.2 Å². The molecule has 100 valence electrons. The van der Waals surface area contributed by atoms with E-state index in [1.165, 1.54) is 6.07 Å². The fraction of sp³-hybridized carbons (Fsp3) is 0.200. The van der Waals surface area contributed by atoms with Gasteiger partial charge in [0.05, 0.1) is 0 Å². The van der Waals surface area contributed by atoms with Crippen LogP contribution >= 0.6 is 11.6 Å². The summed E-state index contributed by atoms with van der Waals surface area (Å²) in [5.74, 6) is 0.318. The lowest BCUT2D eigenvalue weighted by Gasteiger charge is -2.10. The van der Waals surface area contributed by atoms with Crippen LogP contribution in [0, 0.1) is 19.7 Å². The van der Waals surface area contributed by atoms with E-state index in [9.17, 15) is 4.39 Å². The number of hydrogen-bond donors (Lipinski definition) is 1. The Bertz CT molecular complexity index is 590.